The molecule has 2 N–H and O–H groups in total. The average molecular weight is 399 g/mol. The number of hydrogen-bond donors (Lipinski definition) is 1. The molecule has 0 atom stereocenters. The fourth-order valence-electron chi connectivity index (χ4n) is 2.04. The van der Waals surface area contributed by atoms with E-state index >= 15 is 0 Å². The molecule has 5 nitrogen and oxygen atoms in total. The molecule has 0 bridgehead atoms. The highest BCUT2D eigenvalue weighted by Crippen LogP contribution is 2.10. The Morgan fingerprint density at radius 3 is 2.67 bits per heavy atom. The SMILES string of the molecule is CCN(CC)C(N)=NCc1cccc(-n2cccn2)c1.I. The first kappa shape index (κ1) is 17.5. The summed E-state index contributed by atoms with van der Waals surface area (Å²) >= 11 is 0. The highest BCUT2D eigenvalue weighted by molar-refractivity contribution is 14.0. The van der Waals surface area contributed by atoms with Crippen molar-refractivity contribution < 1.29 is 0 Å². The Kier molecular flexibility index (Phi) is 7.21. The zero-order valence-electron chi connectivity index (χ0n) is 12.4. The van der Waals surface area contributed by atoms with E-state index in [9.17, 15) is 0 Å². The minimum Gasteiger partial charge on any atom is -0.370 e. The molecule has 21 heavy (non-hydrogen) atoms. The second-order valence-corrected chi connectivity index (χ2v) is 4.47. The van der Waals surface area contributed by atoms with Crippen molar-refractivity contribution in [1.82, 2.24) is 14.7 Å². The Morgan fingerprint density at radius 1 is 1.29 bits per heavy atom. The summed E-state index contributed by atoms with van der Waals surface area (Å²) in [6.07, 6.45) is 3.69. The highest BCUT2D eigenvalue weighted by Gasteiger charge is 2.02. The van der Waals surface area contributed by atoms with Crippen LogP contribution in [0.3, 0.4) is 0 Å². The van der Waals surface area contributed by atoms with E-state index in [-0.39, 0.29) is 24.0 Å². The second-order valence-electron chi connectivity index (χ2n) is 4.47. The molecule has 1 heterocycles. The summed E-state index contributed by atoms with van der Waals surface area (Å²) < 4.78 is 1.83. The van der Waals surface area contributed by atoms with E-state index in [1.807, 2.05) is 40.0 Å². The van der Waals surface area contributed by atoms with Crippen molar-refractivity contribution in [2.24, 2.45) is 10.7 Å². The molecule has 0 saturated carbocycles. The zero-order chi connectivity index (χ0) is 14.4. The summed E-state index contributed by atoms with van der Waals surface area (Å²) in [5, 5.41) is 4.23. The molecule has 0 unspecified atom stereocenters. The van der Waals surface area contributed by atoms with E-state index in [4.69, 9.17) is 5.73 Å². The van der Waals surface area contributed by atoms with Crippen LogP contribution in [0.25, 0.3) is 5.69 Å². The molecule has 0 aliphatic heterocycles. The van der Waals surface area contributed by atoms with Crippen molar-refractivity contribution in [2.45, 2.75) is 20.4 Å². The summed E-state index contributed by atoms with van der Waals surface area (Å²) in [5.41, 5.74) is 8.13. The van der Waals surface area contributed by atoms with Crippen LogP contribution in [0.15, 0.2) is 47.7 Å². The molecule has 0 radical (unpaired) electrons. The first-order valence-corrected chi connectivity index (χ1v) is 6.88. The summed E-state index contributed by atoms with van der Waals surface area (Å²) in [4.78, 5) is 6.49. The van der Waals surface area contributed by atoms with Crippen LogP contribution in [-0.4, -0.2) is 33.7 Å². The average Bonchev–Trinajstić information content (AvgIpc) is 3.01. The number of guanidine groups is 1. The van der Waals surface area contributed by atoms with Gasteiger partial charge in [-0.3, -0.25) is 0 Å². The number of benzene rings is 1. The lowest BCUT2D eigenvalue weighted by Crippen LogP contribution is -2.37. The number of halogens is 1. The number of hydrogen-bond acceptors (Lipinski definition) is 2. The summed E-state index contributed by atoms with van der Waals surface area (Å²) in [5.74, 6) is 0.597. The fourth-order valence-corrected chi connectivity index (χ4v) is 2.04. The standard InChI is InChI=1S/C15H21N5.HI/c1-3-19(4-2)15(16)17-12-13-7-5-8-14(11-13)20-10-6-9-18-20;/h5-11H,3-4,12H2,1-2H3,(H2,16,17);1H. The van der Waals surface area contributed by atoms with Gasteiger partial charge in [-0.15, -0.1) is 24.0 Å². The molecule has 1 aromatic heterocycles. The highest BCUT2D eigenvalue weighted by atomic mass is 127. The van der Waals surface area contributed by atoms with Crippen LogP contribution in [-0.2, 0) is 6.54 Å². The lowest BCUT2D eigenvalue weighted by atomic mass is 10.2. The summed E-state index contributed by atoms with van der Waals surface area (Å²) in [6, 6.07) is 10.1. The van der Waals surface area contributed by atoms with Gasteiger partial charge in [-0.05, 0) is 37.6 Å². The van der Waals surface area contributed by atoms with Crippen LogP contribution >= 0.6 is 24.0 Å². The zero-order valence-corrected chi connectivity index (χ0v) is 14.8. The molecule has 0 amide bonds. The number of nitrogens with zero attached hydrogens (tertiary/aromatic N) is 4. The van der Waals surface area contributed by atoms with Gasteiger partial charge in [0.2, 0.25) is 0 Å². The number of rotatable bonds is 5. The van der Waals surface area contributed by atoms with E-state index in [2.05, 4.69) is 30.0 Å². The van der Waals surface area contributed by atoms with Gasteiger partial charge >= 0.3 is 0 Å². The molecule has 0 saturated heterocycles. The number of nitrogens with two attached hydrogens (primary N) is 1. The molecule has 1 aromatic carbocycles. The third kappa shape index (κ3) is 4.73. The van der Waals surface area contributed by atoms with Crippen molar-refractivity contribution >= 4 is 29.9 Å². The minimum atomic E-state index is 0. The van der Waals surface area contributed by atoms with Gasteiger partial charge in [0.15, 0.2) is 5.96 Å². The van der Waals surface area contributed by atoms with Gasteiger partial charge in [-0.1, -0.05) is 12.1 Å². The third-order valence-corrected chi connectivity index (χ3v) is 3.19. The van der Waals surface area contributed by atoms with Crippen LogP contribution in [0.4, 0.5) is 0 Å². The van der Waals surface area contributed by atoms with Gasteiger partial charge in [-0.25, -0.2) is 9.67 Å². The Labute approximate surface area is 142 Å². The first-order valence-electron chi connectivity index (χ1n) is 6.88. The molecular weight excluding hydrogens is 377 g/mol. The predicted molar refractivity (Wildman–Crippen MR) is 97.2 cm³/mol. The number of aromatic nitrogens is 2. The smallest absolute Gasteiger partial charge is 0.191 e. The van der Waals surface area contributed by atoms with Gasteiger partial charge < -0.3 is 10.6 Å². The molecule has 114 valence electrons. The van der Waals surface area contributed by atoms with Crippen LogP contribution in [0.1, 0.15) is 19.4 Å². The predicted octanol–water partition coefficient (Wildman–Crippen LogP) is 2.65. The Hall–Kier alpha value is -1.57. The van der Waals surface area contributed by atoms with Crippen molar-refractivity contribution in [3.8, 4) is 5.69 Å². The first-order chi connectivity index (χ1) is 9.74. The minimum absolute atomic E-state index is 0. The van der Waals surface area contributed by atoms with Crippen LogP contribution in [0.2, 0.25) is 0 Å². The van der Waals surface area contributed by atoms with Gasteiger partial charge in [0.05, 0.1) is 12.2 Å². The molecule has 2 rings (SSSR count). The van der Waals surface area contributed by atoms with E-state index < -0.39 is 0 Å². The maximum atomic E-state index is 5.98. The summed E-state index contributed by atoms with van der Waals surface area (Å²) in [6.45, 7) is 6.48. The van der Waals surface area contributed by atoms with Crippen molar-refractivity contribution in [2.75, 3.05) is 13.1 Å². The molecule has 0 aliphatic carbocycles. The van der Waals surface area contributed by atoms with E-state index in [1.54, 1.807) is 6.20 Å². The summed E-state index contributed by atoms with van der Waals surface area (Å²) in [7, 11) is 0. The van der Waals surface area contributed by atoms with Crippen molar-refractivity contribution in [3.63, 3.8) is 0 Å². The fraction of sp³-hybridized carbons (Fsp3) is 0.333. The largest absolute Gasteiger partial charge is 0.370 e. The van der Waals surface area contributed by atoms with Crippen LogP contribution in [0.5, 0.6) is 0 Å². The molecule has 0 aliphatic rings. The third-order valence-electron chi connectivity index (χ3n) is 3.19. The molecule has 6 heteroatoms. The maximum Gasteiger partial charge on any atom is 0.191 e. The Morgan fingerprint density at radius 2 is 2.05 bits per heavy atom. The van der Waals surface area contributed by atoms with Crippen molar-refractivity contribution in [1.29, 1.82) is 0 Å². The Balaban J connectivity index is 0.00000220. The molecule has 2 aromatic rings. The topological polar surface area (TPSA) is 59.4 Å². The lowest BCUT2D eigenvalue weighted by Gasteiger charge is -2.19. The van der Waals surface area contributed by atoms with Gasteiger partial charge in [-0.2, -0.15) is 5.10 Å². The van der Waals surface area contributed by atoms with Crippen molar-refractivity contribution in [3.05, 3.63) is 48.3 Å². The maximum absolute atomic E-state index is 5.98. The van der Waals surface area contributed by atoms with E-state index in [0.717, 1.165) is 24.3 Å². The van der Waals surface area contributed by atoms with Gasteiger partial charge in [0.1, 0.15) is 0 Å². The van der Waals surface area contributed by atoms with Crippen LogP contribution in [0, 0.1) is 0 Å². The van der Waals surface area contributed by atoms with E-state index in [1.165, 1.54) is 0 Å². The molecule has 0 fully saturated rings. The lowest BCUT2D eigenvalue weighted by molar-refractivity contribution is 0.458. The molecular formula is C15H22IN5. The van der Waals surface area contributed by atoms with Gasteiger partial charge in [0, 0.05) is 25.5 Å². The monoisotopic (exact) mass is 399 g/mol. The molecule has 0 spiro atoms. The van der Waals surface area contributed by atoms with Gasteiger partial charge in [0.25, 0.3) is 0 Å². The number of aliphatic imine (C=N–C) groups is 1. The Bertz CT molecular complexity index is 561. The van der Waals surface area contributed by atoms with Crippen LogP contribution < -0.4 is 5.73 Å². The second kappa shape index (κ2) is 8.66. The van der Waals surface area contributed by atoms with E-state index in [0.29, 0.717) is 12.5 Å². The quantitative estimate of drug-likeness (QED) is 0.478. The normalized spacial score (nSPS) is 11.0.